The van der Waals surface area contributed by atoms with Gasteiger partial charge in [0.05, 0.1) is 0 Å². The minimum Gasteiger partial charge on any atom is -0.478 e. The normalized spacial score (nSPS) is 14.5. The number of piperazine rings is 1. The summed E-state index contributed by atoms with van der Waals surface area (Å²) in [7, 11) is 0. The minimum absolute atomic E-state index is 0.0337. The van der Waals surface area contributed by atoms with Gasteiger partial charge in [0.15, 0.2) is 5.60 Å². The highest BCUT2D eigenvalue weighted by atomic mass is 79.9. The third-order valence-electron chi connectivity index (χ3n) is 5.31. The van der Waals surface area contributed by atoms with Gasteiger partial charge in [-0.25, -0.2) is 0 Å². The fraction of sp³-hybridized carbons (Fsp3) is 0.417. The zero-order chi connectivity index (χ0) is 22.6. The average molecular weight is 488 g/mol. The van der Waals surface area contributed by atoms with Gasteiger partial charge < -0.3 is 19.9 Å². The Hall–Kier alpha value is -2.54. The molecule has 2 aromatic carbocycles. The van der Waals surface area contributed by atoms with E-state index in [1.165, 1.54) is 0 Å². The highest BCUT2D eigenvalue weighted by Gasteiger charge is 2.30. The lowest BCUT2D eigenvalue weighted by Crippen LogP contribution is -2.49. The summed E-state index contributed by atoms with van der Waals surface area (Å²) < 4.78 is 6.84. The van der Waals surface area contributed by atoms with Crippen LogP contribution in [0.5, 0.6) is 5.75 Å². The molecule has 0 aliphatic carbocycles. The molecule has 0 atom stereocenters. The van der Waals surface area contributed by atoms with Gasteiger partial charge in [-0.2, -0.15) is 0 Å². The Bertz CT molecular complexity index is 903. The van der Waals surface area contributed by atoms with Crippen molar-refractivity contribution in [3.63, 3.8) is 0 Å². The topological polar surface area (TPSA) is 61.9 Å². The standard InChI is InChI=1S/C24H30BrN3O3/c1-17(2)22(29)28-15-13-27(14-16-28)20-9-7-19(8-10-20)26-23(30)24(3,4)31-21-11-5-18(25)6-12-21/h5-12,17H,13-16H2,1-4H3,(H,26,30). The van der Waals surface area contributed by atoms with E-state index in [1.54, 1.807) is 13.8 Å². The zero-order valence-corrected chi connectivity index (χ0v) is 20.1. The fourth-order valence-electron chi connectivity index (χ4n) is 3.43. The summed E-state index contributed by atoms with van der Waals surface area (Å²) in [5.74, 6) is 0.662. The van der Waals surface area contributed by atoms with E-state index >= 15 is 0 Å². The molecule has 0 radical (unpaired) electrons. The van der Waals surface area contributed by atoms with E-state index in [-0.39, 0.29) is 17.7 Å². The SMILES string of the molecule is CC(C)C(=O)N1CCN(c2ccc(NC(=O)C(C)(C)Oc3ccc(Br)cc3)cc2)CC1. The number of amides is 2. The van der Waals surface area contributed by atoms with Crippen LogP contribution in [0.15, 0.2) is 53.0 Å². The second kappa shape index (κ2) is 9.73. The molecule has 1 aliphatic heterocycles. The second-order valence-electron chi connectivity index (χ2n) is 8.53. The summed E-state index contributed by atoms with van der Waals surface area (Å²) in [5.41, 5.74) is 0.779. The first-order valence-electron chi connectivity index (χ1n) is 10.6. The van der Waals surface area contributed by atoms with Crippen LogP contribution in [0.2, 0.25) is 0 Å². The summed E-state index contributed by atoms with van der Waals surface area (Å²) in [6, 6.07) is 15.2. The predicted molar refractivity (Wildman–Crippen MR) is 128 cm³/mol. The molecule has 2 amide bonds. The molecule has 1 saturated heterocycles. The predicted octanol–water partition coefficient (Wildman–Crippen LogP) is 4.55. The van der Waals surface area contributed by atoms with Crippen LogP contribution < -0.4 is 15.0 Å². The van der Waals surface area contributed by atoms with Crippen molar-refractivity contribution >= 4 is 39.1 Å². The van der Waals surface area contributed by atoms with Gasteiger partial charge in [-0.05, 0) is 62.4 Å². The number of nitrogens with one attached hydrogen (secondary N) is 1. The number of carbonyl (C=O) groups excluding carboxylic acids is 2. The Morgan fingerprint density at radius 2 is 1.55 bits per heavy atom. The van der Waals surface area contributed by atoms with Crippen LogP contribution in [0, 0.1) is 5.92 Å². The molecule has 1 aliphatic rings. The highest BCUT2D eigenvalue weighted by Crippen LogP contribution is 2.24. The molecule has 0 unspecified atom stereocenters. The van der Waals surface area contributed by atoms with Crippen LogP contribution >= 0.6 is 15.9 Å². The molecule has 31 heavy (non-hydrogen) atoms. The van der Waals surface area contributed by atoms with Gasteiger partial charge in [0.2, 0.25) is 5.91 Å². The Kier molecular flexibility index (Phi) is 7.26. The maximum absolute atomic E-state index is 12.8. The Labute approximate surface area is 192 Å². The Balaban J connectivity index is 1.56. The molecule has 166 valence electrons. The van der Waals surface area contributed by atoms with Crippen LogP contribution in [0.3, 0.4) is 0 Å². The molecule has 0 aromatic heterocycles. The zero-order valence-electron chi connectivity index (χ0n) is 18.5. The van der Waals surface area contributed by atoms with Crippen LogP contribution in [0.4, 0.5) is 11.4 Å². The molecular formula is C24H30BrN3O3. The van der Waals surface area contributed by atoms with Gasteiger partial charge in [-0.1, -0.05) is 29.8 Å². The first-order valence-corrected chi connectivity index (χ1v) is 11.3. The quantitative estimate of drug-likeness (QED) is 0.648. The summed E-state index contributed by atoms with van der Waals surface area (Å²) in [4.78, 5) is 29.1. The van der Waals surface area contributed by atoms with Crippen LogP contribution in [0.1, 0.15) is 27.7 Å². The maximum atomic E-state index is 12.8. The number of nitrogens with zero attached hydrogens (tertiary/aromatic N) is 2. The number of rotatable bonds is 6. The molecule has 0 saturated carbocycles. The van der Waals surface area contributed by atoms with Crippen molar-refractivity contribution in [2.24, 2.45) is 5.92 Å². The lowest BCUT2D eigenvalue weighted by Gasteiger charge is -2.37. The van der Waals surface area contributed by atoms with Gasteiger partial charge in [0, 0.05) is 47.9 Å². The van der Waals surface area contributed by atoms with Crippen LogP contribution in [-0.2, 0) is 9.59 Å². The first kappa shape index (κ1) is 23.1. The first-order chi connectivity index (χ1) is 14.7. The van der Waals surface area contributed by atoms with E-state index in [4.69, 9.17) is 4.74 Å². The third-order valence-corrected chi connectivity index (χ3v) is 5.84. The van der Waals surface area contributed by atoms with E-state index in [9.17, 15) is 9.59 Å². The number of hydrogen-bond donors (Lipinski definition) is 1. The van der Waals surface area contributed by atoms with Gasteiger partial charge in [0.1, 0.15) is 5.75 Å². The molecule has 1 fully saturated rings. The monoisotopic (exact) mass is 487 g/mol. The Morgan fingerprint density at radius 3 is 2.10 bits per heavy atom. The van der Waals surface area contributed by atoms with Crippen molar-refractivity contribution in [1.29, 1.82) is 0 Å². The molecule has 0 spiro atoms. The molecule has 0 bridgehead atoms. The Morgan fingerprint density at radius 1 is 0.968 bits per heavy atom. The number of halogens is 1. The second-order valence-corrected chi connectivity index (χ2v) is 9.45. The van der Waals surface area contributed by atoms with Crippen molar-refractivity contribution in [3.05, 3.63) is 53.0 Å². The number of ether oxygens (including phenoxy) is 1. The van der Waals surface area contributed by atoms with E-state index in [0.717, 1.165) is 42.0 Å². The summed E-state index contributed by atoms with van der Waals surface area (Å²) in [6.07, 6.45) is 0. The molecule has 2 aromatic rings. The molecule has 1 N–H and O–H groups in total. The van der Waals surface area contributed by atoms with Crippen molar-refractivity contribution in [3.8, 4) is 5.75 Å². The van der Waals surface area contributed by atoms with Crippen molar-refractivity contribution in [2.45, 2.75) is 33.3 Å². The van der Waals surface area contributed by atoms with Crippen LogP contribution in [-0.4, -0.2) is 48.5 Å². The summed E-state index contributed by atoms with van der Waals surface area (Å²) in [6.45, 7) is 10.4. The van der Waals surface area contributed by atoms with Crippen molar-refractivity contribution < 1.29 is 14.3 Å². The van der Waals surface area contributed by atoms with Crippen LogP contribution in [0.25, 0.3) is 0 Å². The van der Waals surface area contributed by atoms with Gasteiger partial charge in [-0.3, -0.25) is 9.59 Å². The molecular weight excluding hydrogens is 458 g/mol. The van der Waals surface area contributed by atoms with E-state index in [0.29, 0.717) is 5.75 Å². The highest BCUT2D eigenvalue weighted by molar-refractivity contribution is 9.10. The minimum atomic E-state index is -1.02. The van der Waals surface area contributed by atoms with Crippen molar-refractivity contribution in [1.82, 2.24) is 4.90 Å². The lowest BCUT2D eigenvalue weighted by molar-refractivity contribution is -0.134. The number of anilines is 2. The van der Waals surface area contributed by atoms with E-state index < -0.39 is 5.60 Å². The van der Waals surface area contributed by atoms with Gasteiger partial charge >= 0.3 is 0 Å². The van der Waals surface area contributed by atoms with Crippen molar-refractivity contribution in [2.75, 3.05) is 36.4 Å². The maximum Gasteiger partial charge on any atom is 0.267 e. The average Bonchev–Trinajstić information content (AvgIpc) is 2.75. The van der Waals surface area contributed by atoms with Gasteiger partial charge in [0.25, 0.3) is 5.91 Å². The molecule has 1 heterocycles. The molecule has 3 rings (SSSR count). The fourth-order valence-corrected chi connectivity index (χ4v) is 3.70. The number of carbonyl (C=O) groups is 2. The molecule has 6 nitrogen and oxygen atoms in total. The third kappa shape index (κ3) is 6.00. The van der Waals surface area contributed by atoms with Gasteiger partial charge in [-0.15, -0.1) is 0 Å². The van der Waals surface area contributed by atoms with E-state index in [1.807, 2.05) is 67.3 Å². The summed E-state index contributed by atoms with van der Waals surface area (Å²) >= 11 is 3.39. The molecule has 7 heteroatoms. The van der Waals surface area contributed by atoms with E-state index in [2.05, 4.69) is 26.1 Å². The number of hydrogen-bond acceptors (Lipinski definition) is 4. The summed E-state index contributed by atoms with van der Waals surface area (Å²) in [5, 5.41) is 2.93. The number of benzene rings is 2. The lowest BCUT2D eigenvalue weighted by atomic mass is 10.1. The largest absolute Gasteiger partial charge is 0.478 e. The smallest absolute Gasteiger partial charge is 0.267 e.